The summed E-state index contributed by atoms with van der Waals surface area (Å²) < 4.78 is 6.47. The Morgan fingerprint density at radius 1 is 1.43 bits per heavy atom. The predicted octanol–water partition coefficient (Wildman–Crippen LogP) is 0.905. The van der Waals surface area contributed by atoms with Crippen LogP contribution in [0.4, 0.5) is 5.82 Å². The van der Waals surface area contributed by atoms with E-state index in [1.165, 1.54) is 4.68 Å². The van der Waals surface area contributed by atoms with E-state index in [0.29, 0.717) is 18.7 Å². The van der Waals surface area contributed by atoms with Crippen molar-refractivity contribution in [1.82, 2.24) is 9.78 Å². The summed E-state index contributed by atoms with van der Waals surface area (Å²) in [6.07, 6.45) is 3.40. The lowest BCUT2D eigenvalue weighted by atomic mass is 9.85. The average Bonchev–Trinajstić information content (AvgIpc) is 2.75. The van der Waals surface area contributed by atoms with E-state index in [4.69, 9.17) is 4.74 Å². The van der Waals surface area contributed by atoms with Crippen LogP contribution in [0.1, 0.15) is 37.8 Å². The molecule has 2 N–H and O–H groups in total. The third-order valence-electron chi connectivity index (χ3n) is 3.66. The van der Waals surface area contributed by atoms with Gasteiger partial charge in [0.25, 0.3) is 5.91 Å². The van der Waals surface area contributed by atoms with Gasteiger partial charge in [0.05, 0.1) is 5.69 Å². The molecule has 0 saturated heterocycles. The standard InChI is InChI=1S/C14H21N3O4/c1-10-8-11(17(2)16-10)15-12(18)9-21-13(19)14(20)6-4-3-5-7-14/h8,20H,3-7,9H2,1-2H3,(H,15,18). The Bertz CT molecular complexity index is 532. The number of hydrogen-bond donors (Lipinski definition) is 2. The zero-order valence-electron chi connectivity index (χ0n) is 12.4. The highest BCUT2D eigenvalue weighted by Gasteiger charge is 2.38. The normalized spacial score (nSPS) is 17.3. The van der Waals surface area contributed by atoms with Gasteiger partial charge in [0.15, 0.2) is 12.2 Å². The second-order valence-corrected chi connectivity index (χ2v) is 5.51. The number of nitrogens with zero attached hydrogens (tertiary/aromatic N) is 2. The van der Waals surface area contributed by atoms with Crippen molar-refractivity contribution in [2.24, 2.45) is 7.05 Å². The number of hydrogen-bond acceptors (Lipinski definition) is 5. The van der Waals surface area contributed by atoms with E-state index in [9.17, 15) is 14.7 Å². The fourth-order valence-electron chi connectivity index (χ4n) is 2.51. The van der Waals surface area contributed by atoms with E-state index in [-0.39, 0.29) is 0 Å². The summed E-state index contributed by atoms with van der Waals surface area (Å²) in [5.74, 6) is -0.630. The molecule has 0 aliphatic heterocycles. The van der Waals surface area contributed by atoms with Crippen molar-refractivity contribution < 1.29 is 19.4 Å². The molecule has 1 amide bonds. The molecule has 0 unspecified atom stereocenters. The van der Waals surface area contributed by atoms with Crippen LogP contribution in [-0.4, -0.2) is 39.0 Å². The fraction of sp³-hybridized carbons (Fsp3) is 0.643. The van der Waals surface area contributed by atoms with E-state index in [2.05, 4.69) is 10.4 Å². The third-order valence-corrected chi connectivity index (χ3v) is 3.66. The van der Waals surface area contributed by atoms with Crippen LogP contribution in [0.3, 0.4) is 0 Å². The van der Waals surface area contributed by atoms with Gasteiger partial charge in [-0.05, 0) is 32.6 Å². The van der Waals surface area contributed by atoms with E-state index in [1.54, 1.807) is 13.1 Å². The topological polar surface area (TPSA) is 93.5 Å². The van der Waals surface area contributed by atoms with Crippen LogP contribution >= 0.6 is 0 Å². The first-order valence-electron chi connectivity index (χ1n) is 7.11. The predicted molar refractivity (Wildman–Crippen MR) is 75.6 cm³/mol. The molecule has 2 rings (SSSR count). The number of rotatable bonds is 4. The smallest absolute Gasteiger partial charge is 0.338 e. The lowest BCUT2D eigenvalue weighted by molar-refractivity contribution is -0.170. The highest BCUT2D eigenvalue weighted by atomic mass is 16.6. The van der Waals surface area contributed by atoms with Crippen LogP contribution in [0.2, 0.25) is 0 Å². The van der Waals surface area contributed by atoms with Gasteiger partial charge in [-0.3, -0.25) is 9.48 Å². The number of aliphatic hydroxyl groups is 1. The number of amides is 1. The summed E-state index contributed by atoms with van der Waals surface area (Å²) in [4.78, 5) is 23.6. The van der Waals surface area contributed by atoms with Gasteiger partial charge in [0.1, 0.15) is 5.82 Å². The highest BCUT2D eigenvalue weighted by Crippen LogP contribution is 2.29. The van der Waals surface area contributed by atoms with E-state index < -0.39 is 24.1 Å². The van der Waals surface area contributed by atoms with Gasteiger partial charge < -0.3 is 15.2 Å². The van der Waals surface area contributed by atoms with Crippen molar-refractivity contribution in [2.75, 3.05) is 11.9 Å². The van der Waals surface area contributed by atoms with Crippen LogP contribution in [0.5, 0.6) is 0 Å². The van der Waals surface area contributed by atoms with Crippen LogP contribution in [0.15, 0.2) is 6.07 Å². The monoisotopic (exact) mass is 295 g/mol. The average molecular weight is 295 g/mol. The minimum absolute atomic E-state index is 0.397. The van der Waals surface area contributed by atoms with E-state index in [0.717, 1.165) is 25.0 Å². The summed E-state index contributed by atoms with van der Waals surface area (Å²) >= 11 is 0. The van der Waals surface area contributed by atoms with Crippen molar-refractivity contribution in [3.8, 4) is 0 Å². The molecule has 1 fully saturated rings. The molecule has 1 aromatic heterocycles. The molecule has 0 bridgehead atoms. The van der Waals surface area contributed by atoms with Crippen LogP contribution in [0, 0.1) is 6.92 Å². The van der Waals surface area contributed by atoms with Gasteiger partial charge >= 0.3 is 5.97 Å². The van der Waals surface area contributed by atoms with Crippen molar-refractivity contribution >= 4 is 17.7 Å². The van der Waals surface area contributed by atoms with Gasteiger partial charge in [-0.1, -0.05) is 6.42 Å². The minimum atomic E-state index is -1.43. The molecule has 21 heavy (non-hydrogen) atoms. The zero-order chi connectivity index (χ0) is 15.5. The third kappa shape index (κ3) is 3.81. The Labute approximate surface area is 123 Å². The molecule has 1 aliphatic carbocycles. The van der Waals surface area contributed by atoms with Crippen LogP contribution < -0.4 is 5.32 Å². The quantitative estimate of drug-likeness (QED) is 0.805. The number of aryl methyl sites for hydroxylation is 2. The molecule has 0 spiro atoms. The van der Waals surface area contributed by atoms with Crippen LogP contribution in [0.25, 0.3) is 0 Å². The number of ether oxygens (including phenoxy) is 1. The lowest BCUT2D eigenvalue weighted by Gasteiger charge is -2.29. The Morgan fingerprint density at radius 2 is 2.10 bits per heavy atom. The summed E-state index contributed by atoms with van der Waals surface area (Å²) in [6, 6.07) is 1.72. The maximum absolute atomic E-state index is 11.9. The number of anilines is 1. The molecule has 1 aliphatic rings. The molecule has 7 heteroatoms. The maximum Gasteiger partial charge on any atom is 0.338 e. The molecule has 1 aromatic rings. The largest absolute Gasteiger partial charge is 0.453 e. The number of esters is 1. The molecule has 1 heterocycles. The number of nitrogens with one attached hydrogen (secondary N) is 1. The molecule has 0 atom stereocenters. The summed E-state index contributed by atoms with van der Waals surface area (Å²) in [5, 5.41) is 16.9. The SMILES string of the molecule is Cc1cc(NC(=O)COC(=O)C2(O)CCCCC2)n(C)n1. The van der Waals surface area contributed by atoms with Gasteiger partial charge in [0, 0.05) is 13.1 Å². The van der Waals surface area contributed by atoms with Gasteiger partial charge in [-0.15, -0.1) is 0 Å². The summed E-state index contributed by atoms with van der Waals surface area (Å²) in [6.45, 7) is 1.40. The number of aromatic nitrogens is 2. The fourth-order valence-corrected chi connectivity index (χ4v) is 2.51. The number of carbonyl (C=O) groups is 2. The second kappa shape index (κ2) is 6.26. The van der Waals surface area contributed by atoms with Crippen LogP contribution in [-0.2, 0) is 21.4 Å². The zero-order valence-corrected chi connectivity index (χ0v) is 12.4. The summed E-state index contributed by atoms with van der Waals surface area (Å²) in [5.41, 5.74) is -0.650. The first-order valence-corrected chi connectivity index (χ1v) is 7.11. The van der Waals surface area contributed by atoms with Gasteiger partial charge in [0.2, 0.25) is 0 Å². The highest BCUT2D eigenvalue weighted by molar-refractivity contribution is 5.92. The maximum atomic E-state index is 11.9. The molecule has 0 radical (unpaired) electrons. The molecule has 7 nitrogen and oxygen atoms in total. The molecular formula is C14H21N3O4. The lowest BCUT2D eigenvalue weighted by Crippen LogP contribution is -2.42. The first kappa shape index (κ1) is 15.5. The number of carbonyl (C=O) groups excluding carboxylic acids is 2. The Kier molecular flexibility index (Phi) is 4.62. The Hall–Kier alpha value is -1.89. The van der Waals surface area contributed by atoms with E-state index in [1.807, 2.05) is 6.92 Å². The first-order chi connectivity index (χ1) is 9.90. The summed E-state index contributed by atoms with van der Waals surface area (Å²) in [7, 11) is 1.71. The molecule has 1 saturated carbocycles. The van der Waals surface area contributed by atoms with Crippen molar-refractivity contribution in [3.05, 3.63) is 11.8 Å². The van der Waals surface area contributed by atoms with E-state index >= 15 is 0 Å². The Balaban J connectivity index is 1.83. The van der Waals surface area contributed by atoms with Crippen molar-refractivity contribution in [1.29, 1.82) is 0 Å². The van der Waals surface area contributed by atoms with Gasteiger partial charge in [-0.25, -0.2) is 4.79 Å². The second-order valence-electron chi connectivity index (χ2n) is 5.51. The molecule has 116 valence electrons. The molecular weight excluding hydrogens is 274 g/mol. The molecule has 0 aromatic carbocycles. The van der Waals surface area contributed by atoms with Crippen molar-refractivity contribution in [3.63, 3.8) is 0 Å². The Morgan fingerprint density at radius 3 is 2.67 bits per heavy atom. The van der Waals surface area contributed by atoms with Gasteiger partial charge in [-0.2, -0.15) is 5.10 Å². The minimum Gasteiger partial charge on any atom is -0.453 e. The van der Waals surface area contributed by atoms with Crippen molar-refractivity contribution in [2.45, 2.75) is 44.6 Å².